The van der Waals surface area contributed by atoms with E-state index in [1.54, 1.807) is 18.2 Å². The molecule has 1 saturated heterocycles. The molecule has 0 bridgehead atoms. The van der Waals surface area contributed by atoms with Crippen LogP contribution in [0, 0.1) is 0 Å². The number of hydrogen-bond acceptors (Lipinski definition) is 4. The fourth-order valence-corrected chi connectivity index (χ4v) is 1.88. The molecular formula is C12H15ClN2O3. The Balaban J connectivity index is 1.92. The van der Waals surface area contributed by atoms with Crippen LogP contribution in [-0.4, -0.2) is 38.4 Å². The summed E-state index contributed by atoms with van der Waals surface area (Å²) in [5, 5.41) is 3.13. The number of halogens is 1. The molecule has 1 fully saturated rings. The van der Waals surface area contributed by atoms with E-state index < -0.39 is 0 Å². The van der Waals surface area contributed by atoms with Crippen molar-refractivity contribution in [3.8, 4) is 0 Å². The quantitative estimate of drug-likeness (QED) is 0.806. The number of carbonyl (C=O) groups excluding carboxylic acids is 1. The monoisotopic (exact) mass is 270 g/mol. The number of anilines is 1. The second-order valence-corrected chi connectivity index (χ2v) is 4.42. The third kappa shape index (κ3) is 3.35. The van der Waals surface area contributed by atoms with Crippen molar-refractivity contribution in [2.45, 2.75) is 6.10 Å². The van der Waals surface area contributed by atoms with Crippen LogP contribution in [0.4, 0.5) is 5.69 Å². The zero-order valence-corrected chi connectivity index (χ0v) is 10.6. The summed E-state index contributed by atoms with van der Waals surface area (Å²) >= 11 is 5.94. The van der Waals surface area contributed by atoms with Crippen molar-refractivity contribution >= 4 is 23.2 Å². The maximum atomic E-state index is 11.9. The molecule has 1 aromatic rings. The number of nitrogen functional groups attached to an aromatic ring is 1. The number of rotatable bonds is 3. The fraction of sp³-hybridized carbons (Fsp3) is 0.417. The molecule has 0 radical (unpaired) electrons. The molecule has 1 amide bonds. The molecule has 18 heavy (non-hydrogen) atoms. The Labute approximate surface area is 110 Å². The van der Waals surface area contributed by atoms with Crippen molar-refractivity contribution < 1.29 is 14.3 Å². The minimum Gasteiger partial charge on any atom is -0.399 e. The van der Waals surface area contributed by atoms with Crippen molar-refractivity contribution in [1.82, 2.24) is 5.32 Å². The summed E-state index contributed by atoms with van der Waals surface area (Å²) in [5.41, 5.74) is 6.49. The molecule has 1 aliphatic rings. The van der Waals surface area contributed by atoms with Crippen molar-refractivity contribution in [2.75, 3.05) is 32.1 Å². The van der Waals surface area contributed by atoms with E-state index in [9.17, 15) is 4.79 Å². The smallest absolute Gasteiger partial charge is 0.252 e. The first-order valence-corrected chi connectivity index (χ1v) is 6.07. The molecule has 0 aliphatic carbocycles. The van der Waals surface area contributed by atoms with Gasteiger partial charge in [0.1, 0.15) is 0 Å². The minimum absolute atomic E-state index is 0.109. The van der Waals surface area contributed by atoms with Gasteiger partial charge in [-0.05, 0) is 18.2 Å². The molecule has 1 atom stereocenters. The van der Waals surface area contributed by atoms with Crippen LogP contribution in [0.25, 0.3) is 0 Å². The van der Waals surface area contributed by atoms with Crippen LogP contribution in [0.3, 0.4) is 0 Å². The number of benzene rings is 1. The van der Waals surface area contributed by atoms with E-state index in [2.05, 4.69) is 5.32 Å². The Bertz CT molecular complexity index is 433. The standard InChI is InChI=1S/C12H15ClN2O3/c13-11-2-1-8(14)5-10(11)12(16)15-6-9-7-17-3-4-18-9/h1-2,5,9H,3-4,6-7,14H2,(H,15,16). The van der Waals surface area contributed by atoms with Gasteiger partial charge >= 0.3 is 0 Å². The topological polar surface area (TPSA) is 73.6 Å². The Morgan fingerprint density at radius 1 is 1.50 bits per heavy atom. The lowest BCUT2D eigenvalue weighted by atomic mass is 10.2. The van der Waals surface area contributed by atoms with Gasteiger partial charge in [-0.25, -0.2) is 0 Å². The van der Waals surface area contributed by atoms with Gasteiger partial charge in [-0.3, -0.25) is 4.79 Å². The van der Waals surface area contributed by atoms with Crippen molar-refractivity contribution in [3.05, 3.63) is 28.8 Å². The van der Waals surface area contributed by atoms with Crippen LogP contribution in [-0.2, 0) is 9.47 Å². The zero-order chi connectivity index (χ0) is 13.0. The highest BCUT2D eigenvalue weighted by Crippen LogP contribution is 2.18. The van der Waals surface area contributed by atoms with E-state index in [0.29, 0.717) is 42.6 Å². The highest BCUT2D eigenvalue weighted by Gasteiger charge is 2.17. The second kappa shape index (κ2) is 6.04. The number of carbonyl (C=O) groups is 1. The van der Waals surface area contributed by atoms with Gasteiger partial charge in [0.25, 0.3) is 5.91 Å². The Kier molecular flexibility index (Phi) is 4.41. The summed E-state index contributed by atoms with van der Waals surface area (Å²) in [7, 11) is 0. The van der Waals surface area contributed by atoms with E-state index in [-0.39, 0.29) is 12.0 Å². The average Bonchev–Trinajstić information content (AvgIpc) is 2.40. The average molecular weight is 271 g/mol. The molecular weight excluding hydrogens is 256 g/mol. The maximum Gasteiger partial charge on any atom is 0.252 e. The first-order chi connectivity index (χ1) is 8.66. The second-order valence-electron chi connectivity index (χ2n) is 4.02. The molecule has 2 rings (SSSR count). The van der Waals surface area contributed by atoms with Crippen LogP contribution >= 0.6 is 11.6 Å². The van der Waals surface area contributed by atoms with E-state index in [1.165, 1.54) is 0 Å². The van der Waals surface area contributed by atoms with Crippen LogP contribution in [0.15, 0.2) is 18.2 Å². The van der Waals surface area contributed by atoms with Gasteiger partial charge in [0.2, 0.25) is 0 Å². The molecule has 0 spiro atoms. The van der Waals surface area contributed by atoms with E-state index in [0.717, 1.165) is 0 Å². The van der Waals surface area contributed by atoms with Crippen molar-refractivity contribution in [3.63, 3.8) is 0 Å². The summed E-state index contributed by atoms with van der Waals surface area (Å²) < 4.78 is 10.7. The zero-order valence-electron chi connectivity index (χ0n) is 9.82. The van der Waals surface area contributed by atoms with E-state index in [4.69, 9.17) is 26.8 Å². The van der Waals surface area contributed by atoms with Crippen molar-refractivity contribution in [2.24, 2.45) is 0 Å². The SMILES string of the molecule is Nc1ccc(Cl)c(C(=O)NCC2COCCO2)c1. The Hall–Kier alpha value is -1.30. The van der Waals surface area contributed by atoms with Crippen LogP contribution < -0.4 is 11.1 Å². The predicted molar refractivity (Wildman–Crippen MR) is 68.8 cm³/mol. The molecule has 1 heterocycles. The molecule has 1 unspecified atom stereocenters. The molecule has 98 valence electrons. The number of amides is 1. The highest BCUT2D eigenvalue weighted by atomic mass is 35.5. The highest BCUT2D eigenvalue weighted by molar-refractivity contribution is 6.34. The fourth-order valence-electron chi connectivity index (χ4n) is 1.67. The summed E-state index contributed by atoms with van der Waals surface area (Å²) in [5.74, 6) is -0.263. The largest absolute Gasteiger partial charge is 0.399 e. The molecule has 0 saturated carbocycles. The minimum atomic E-state index is -0.263. The van der Waals surface area contributed by atoms with Gasteiger partial charge in [0.15, 0.2) is 0 Å². The first-order valence-electron chi connectivity index (χ1n) is 5.69. The maximum absolute atomic E-state index is 11.9. The van der Waals surface area contributed by atoms with Gasteiger partial charge in [-0.2, -0.15) is 0 Å². The summed E-state index contributed by atoms with van der Waals surface area (Å²) in [6.45, 7) is 2.04. The molecule has 3 N–H and O–H groups in total. The third-order valence-corrected chi connectivity index (χ3v) is 2.94. The number of nitrogens with two attached hydrogens (primary N) is 1. The van der Waals surface area contributed by atoms with Crippen LogP contribution in [0.2, 0.25) is 5.02 Å². The number of ether oxygens (including phenoxy) is 2. The lowest BCUT2D eigenvalue weighted by Crippen LogP contribution is -2.39. The van der Waals surface area contributed by atoms with Gasteiger partial charge in [0, 0.05) is 12.2 Å². The molecule has 6 heteroatoms. The molecule has 5 nitrogen and oxygen atoms in total. The predicted octanol–water partition coefficient (Wildman–Crippen LogP) is 1.07. The van der Waals surface area contributed by atoms with E-state index >= 15 is 0 Å². The molecule has 0 aromatic heterocycles. The number of hydrogen-bond donors (Lipinski definition) is 2. The number of nitrogens with one attached hydrogen (secondary N) is 1. The van der Waals surface area contributed by atoms with Crippen molar-refractivity contribution in [1.29, 1.82) is 0 Å². The molecule has 1 aromatic carbocycles. The summed E-state index contributed by atoms with van der Waals surface area (Å²) in [6.07, 6.45) is -0.109. The lowest BCUT2D eigenvalue weighted by Gasteiger charge is -2.23. The lowest BCUT2D eigenvalue weighted by molar-refractivity contribution is -0.0855. The van der Waals surface area contributed by atoms with Gasteiger partial charge in [-0.1, -0.05) is 11.6 Å². The van der Waals surface area contributed by atoms with Gasteiger partial charge in [-0.15, -0.1) is 0 Å². The van der Waals surface area contributed by atoms with E-state index in [1.807, 2.05) is 0 Å². The third-order valence-electron chi connectivity index (χ3n) is 2.61. The van der Waals surface area contributed by atoms with Crippen LogP contribution in [0.1, 0.15) is 10.4 Å². The molecule has 1 aliphatic heterocycles. The summed E-state index contributed by atoms with van der Waals surface area (Å²) in [4.78, 5) is 11.9. The summed E-state index contributed by atoms with van der Waals surface area (Å²) in [6, 6.07) is 4.80. The van der Waals surface area contributed by atoms with Crippen LogP contribution in [0.5, 0.6) is 0 Å². The normalized spacial score (nSPS) is 19.5. The first kappa shape index (κ1) is 13.1. The Morgan fingerprint density at radius 3 is 3.06 bits per heavy atom. The Morgan fingerprint density at radius 2 is 2.33 bits per heavy atom. The van der Waals surface area contributed by atoms with Gasteiger partial charge in [0.05, 0.1) is 36.5 Å². The van der Waals surface area contributed by atoms with Gasteiger partial charge < -0.3 is 20.5 Å².